The van der Waals surface area contributed by atoms with Crippen molar-refractivity contribution in [3.63, 3.8) is 0 Å². The van der Waals surface area contributed by atoms with E-state index in [0.29, 0.717) is 6.61 Å². The molecule has 0 atom stereocenters. The second-order valence-electron chi connectivity index (χ2n) is 4.65. The van der Waals surface area contributed by atoms with Crippen LogP contribution >= 0.6 is 0 Å². The number of rotatable bonds is 3. The average Bonchev–Trinajstić information content (AvgIpc) is 2.46. The van der Waals surface area contributed by atoms with Crippen LogP contribution in [0.4, 0.5) is 0 Å². The Morgan fingerprint density at radius 3 is 2.20 bits per heavy atom. The summed E-state index contributed by atoms with van der Waals surface area (Å²) in [4.78, 5) is 0. The van der Waals surface area contributed by atoms with E-state index < -0.39 is 0 Å². The molecule has 0 amide bonds. The van der Waals surface area contributed by atoms with Gasteiger partial charge in [0.1, 0.15) is 23.9 Å². The zero-order chi connectivity index (χ0) is 13.9. The zero-order valence-corrected chi connectivity index (χ0v) is 10.8. The molecule has 0 saturated carbocycles. The van der Waals surface area contributed by atoms with Crippen molar-refractivity contribution in [2.75, 3.05) is 0 Å². The van der Waals surface area contributed by atoms with Crippen LogP contribution in [0.25, 0.3) is 10.8 Å². The lowest BCUT2D eigenvalue weighted by atomic mass is 10.1. The van der Waals surface area contributed by atoms with Gasteiger partial charge in [-0.15, -0.1) is 0 Å². The number of benzene rings is 3. The first-order valence-electron chi connectivity index (χ1n) is 6.34. The summed E-state index contributed by atoms with van der Waals surface area (Å²) in [6.07, 6.45) is 0. The molecule has 3 aromatic rings. The van der Waals surface area contributed by atoms with Crippen LogP contribution in [0.3, 0.4) is 0 Å². The Kier molecular flexibility index (Phi) is 3.17. The van der Waals surface area contributed by atoms with Crippen LogP contribution in [-0.4, -0.2) is 10.2 Å². The molecule has 3 aromatic carbocycles. The van der Waals surface area contributed by atoms with Crippen molar-refractivity contribution < 1.29 is 14.9 Å². The molecular weight excluding hydrogens is 252 g/mol. The van der Waals surface area contributed by atoms with E-state index in [1.807, 2.05) is 36.4 Å². The Bertz CT molecular complexity index is 733. The first-order chi connectivity index (χ1) is 9.70. The normalized spacial score (nSPS) is 10.6. The Morgan fingerprint density at radius 2 is 1.40 bits per heavy atom. The number of aromatic hydroxyl groups is 2. The molecule has 100 valence electrons. The maximum Gasteiger partial charge on any atom is 0.120 e. The van der Waals surface area contributed by atoms with Crippen LogP contribution in [0.1, 0.15) is 5.56 Å². The van der Waals surface area contributed by atoms with Crippen molar-refractivity contribution in [2.24, 2.45) is 0 Å². The molecule has 0 fully saturated rings. The third-order valence-corrected chi connectivity index (χ3v) is 3.14. The molecule has 3 nitrogen and oxygen atoms in total. The molecule has 2 N–H and O–H groups in total. The summed E-state index contributed by atoms with van der Waals surface area (Å²) in [6.45, 7) is 0.435. The molecule has 0 bridgehead atoms. The predicted molar refractivity (Wildman–Crippen MR) is 78.1 cm³/mol. The summed E-state index contributed by atoms with van der Waals surface area (Å²) in [5.41, 5.74) is 0.985. The lowest BCUT2D eigenvalue weighted by Crippen LogP contribution is -1.94. The van der Waals surface area contributed by atoms with Gasteiger partial charge < -0.3 is 14.9 Å². The molecule has 0 radical (unpaired) electrons. The van der Waals surface area contributed by atoms with Crippen molar-refractivity contribution in [3.8, 4) is 17.2 Å². The standard InChI is InChI=1S/C17H14O3/c18-15-5-1-12(2-6-15)11-20-17-8-4-13-3-7-16(19)9-14(13)10-17/h1-10,18-19H,11H2. The predicted octanol–water partition coefficient (Wildman–Crippen LogP) is 3.83. The van der Waals surface area contributed by atoms with Gasteiger partial charge in [0.2, 0.25) is 0 Å². The molecule has 0 aliphatic rings. The van der Waals surface area contributed by atoms with Crippen LogP contribution in [-0.2, 0) is 6.61 Å². The lowest BCUT2D eigenvalue weighted by molar-refractivity contribution is 0.306. The van der Waals surface area contributed by atoms with E-state index in [2.05, 4.69) is 0 Å². The van der Waals surface area contributed by atoms with Crippen LogP contribution in [0.15, 0.2) is 60.7 Å². The monoisotopic (exact) mass is 266 g/mol. The van der Waals surface area contributed by atoms with Crippen LogP contribution in [0.2, 0.25) is 0 Å². The van der Waals surface area contributed by atoms with Gasteiger partial charge in [-0.2, -0.15) is 0 Å². The van der Waals surface area contributed by atoms with E-state index >= 15 is 0 Å². The molecular formula is C17H14O3. The third-order valence-electron chi connectivity index (χ3n) is 3.14. The van der Waals surface area contributed by atoms with Gasteiger partial charge in [0.25, 0.3) is 0 Å². The molecule has 20 heavy (non-hydrogen) atoms. The summed E-state index contributed by atoms with van der Waals surface area (Å²) in [5.74, 6) is 1.24. The zero-order valence-electron chi connectivity index (χ0n) is 10.8. The van der Waals surface area contributed by atoms with Crippen LogP contribution in [0.5, 0.6) is 17.2 Å². The summed E-state index contributed by atoms with van der Waals surface area (Å²) < 4.78 is 5.72. The molecule has 3 rings (SSSR count). The van der Waals surface area contributed by atoms with Crippen molar-refractivity contribution in [1.82, 2.24) is 0 Å². The minimum absolute atomic E-state index is 0.244. The highest BCUT2D eigenvalue weighted by Gasteiger charge is 2.00. The highest BCUT2D eigenvalue weighted by molar-refractivity contribution is 5.85. The maximum atomic E-state index is 9.49. The Morgan fingerprint density at radius 1 is 0.700 bits per heavy atom. The summed E-state index contributed by atoms with van der Waals surface area (Å²) in [6, 6.07) is 17.9. The van der Waals surface area contributed by atoms with Gasteiger partial charge in [0, 0.05) is 0 Å². The average molecular weight is 266 g/mol. The first kappa shape index (κ1) is 12.4. The SMILES string of the molecule is Oc1ccc(COc2ccc3ccc(O)cc3c2)cc1. The summed E-state index contributed by atoms with van der Waals surface area (Å²) in [7, 11) is 0. The van der Waals surface area contributed by atoms with E-state index in [1.165, 1.54) is 0 Å². The summed E-state index contributed by atoms with van der Waals surface area (Å²) >= 11 is 0. The van der Waals surface area contributed by atoms with Gasteiger partial charge in [0.05, 0.1) is 0 Å². The molecule has 0 unspecified atom stereocenters. The van der Waals surface area contributed by atoms with Gasteiger partial charge in [-0.05, 0) is 52.7 Å². The Labute approximate surface area is 116 Å². The fraction of sp³-hybridized carbons (Fsp3) is 0.0588. The van der Waals surface area contributed by atoms with Gasteiger partial charge in [0.15, 0.2) is 0 Å². The van der Waals surface area contributed by atoms with Crippen molar-refractivity contribution >= 4 is 10.8 Å². The van der Waals surface area contributed by atoms with Crippen molar-refractivity contribution in [2.45, 2.75) is 6.61 Å². The number of hydrogen-bond acceptors (Lipinski definition) is 3. The molecule has 0 spiro atoms. The first-order valence-corrected chi connectivity index (χ1v) is 6.34. The van der Waals surface area contributed by atoms with E-state index in [9.17, 15) is 10.2 Å². The van der Waals surface area contributed by atoms with Gasteiger partial charge >= 0.3 is 0 Å². The van der Waals surface area contributed by atoms with Gasteiger partial charge in [-0.1, -0.05) is 24.3 Å². The highest BCUT2D eigenvalue weighted by Crippen LogP contribution is 2.25. The van der Waals surface area contributed by atoms with E-state index in [0.717, 1.165) is 22.1 Å². The Hall–Kier alpha value is -2.68. The fourth-order valence-electron chi connectivity index (χ4n) is 2.06. The minimum atomic E-state index is 0.244. The smallest absolute Gasteiger partial charge is 0.120 e. The van der Waals surface area contributed by atoms with E-state index in [4.69, 9.17) is 4.74 Å². The van der Waals surface area contributed by atoms with Gasteiger partial charge in [-0.3, -0.25) is 0 Å². The molecule has 0 saturated heterocycles. The second-order valence-corrected chi connectivity index (χ2v) is 4.65. The van der Waals surface area contributed by atoms with E-state index in [-0.39, 0.29) is 11.5 Å². The fourth-order valence-corrected chi connectivity index (χ4v) is 2.06. The number of hydrogen-bond donors (Lipinski definition) is 2. The van der Waals surface area contributed by atoms with E-state index in [1.54, 1.807) is 24.3 Å². The number of fused-ring (bicyclic) bond motifs is 1. The summed E-state index contributed by atoms with van der Waals surface area (Å²) in [5, 5.41) is 20.7. The topological polar surface area (TPSA) is 49.7 Å². The molecule has 0 heterocycles. The molecule has 3 heteroatoms. The number of ether oxygens (including phenoxy) is 1. The van der Waals surface area contributed by atoms with Crippen LogP contribution in [0, 0.1) is 0 Å². The highest BCUT2D eigenvalue weighted by atomic mass is 16.5. The molecule has 0 aromatic heterocycles. The quantitative estimate of drug-likeness (QED) is 0.757. The number of phenolic OH excluding ortho intramolecular Hbond substituents is 2. The van der Waals surface area contributed by atoms with Crippen molar-refractivity contribution in [1.29, 1.82) is 0 Å². The van der Waals surface area contributed by atoms with Crippen LogP contribution < -0.4 is 4.74 Å². The second kappa shape index (κ2) is 5.13. The largest absolute Gasteiger partial charge is 0.508 e. The Balaban J connectivity index is 1.78. The minimum Gasteiger partial charge on any atom is -0.508 e. The number of phenols is 2. The van der Waals surface area contributed by atoms with Gasteiger partial charge in [-0.25, -0.2) is 0 Å². The molecule has 0 aliphatic carbocycles. The third kappa shape index (κ3) is 2.67. The molecule has 0 aliphatic heterocycles. The lowest BCUT2D eigenvalue weighted by Gasteiger charge is -2.08. The van der Waals surface area contributed by atoms with Crippen molar-refractivity contribution in [3.05, 3.63) is 66.2 Å². The maximum absolute atomic E-state index is 9.49.